The first-order valence-corrected chi connectivity index (χ1v) is 40.3. The molecule has 2 aromatic heterocycles. The number of hydrogen-bond donors (Lipinski definition) is 9. The largest absolute Gasteiger partial charge is 0.480 e. The molecule has 3 rings (SSSR count). The average Bonchev–Trinajstić information content (AvgIpc) is 1.65. The van der Waals surface area contributed by atoms with Crippen LogP contribution < -0.4 is 43.4 Å². The Morgan fingerprint density at radius 2 is 0.979 bits per heavy atom. The van der Waals surface area contributed by atoms with Crippen molar-refractivity contribution in [2.75, 3.05) is 89.3 Å². The van der Waals surface area contributed by atoms with Gasteiger partial charge in [0.25, 0.3) is 11.9 Å². The Kier molecular flexibility index (Phi) is 46.9. The number of carbonyl (C=O) groups excluding carboxylic acids is 2. The lowest BCUT2D eigenvalue weighted by molar-refractivity contribution is -0.123. The number of imidazole rings is 1. The van der Waals surface area contributed by atoms with Gasteiger partial charge in [-0.3, -0.25) is 18.7 Å². The number of nitrogens with one attached hydrogen (secondary N) is 6. The maximum absolute atomic E-state index is 14.5. The Bertz CT molecular complexity index is 2410. The third-order valence-corrected chi connectivity index (χ3v) is 21.2. The number of nitrogen functional groups attached to an aromatic ring is 1. The number of anilines is 2. The Morgan fingerprint density at radius 1 is 0.526 bits per heavy atom. The van der Waals surface area contributed by atoms with Gasteiger partial charge in [0.15, 0.2) is 17.0 Å². The zero-order valence-corrected chi connectivity index (χ0v) is 63.2. The highest BCUT2D eigenvalue weighted by molar-refractivity contribution is 7.53. The fraction of sp³-hybridized carbons (Fsp3) is 0.829. The second kappa shape index (κ2) is 52.2. The monoisotopic (exact) mass is 1350 g/mol. The predicted octanol–water partition coefficient (Wildman–Crippen LogP) is 16.6. The number of aromatic hydroxyl groups is 1. The summed E-state index contributed by atoms with van der Waals surface area (Å²) in [5.74, 6) is 5.73. The van der Waals surface area contributed by atoms with Gasteiger partial charge in [0, 0.05) is 18.7 Å². The van der Waals surface area contributed by atoms with Crippen molar-refractivity contribution in [2.45, 2.75) is 281 Å². The second-order valence-electron chi connectivity index (χ2n) is 29.8. The molecule has 0 aliphatic heterocycles. The lowest BCUT2D eigenvalue weighted by atomic mass is 9.91. The summed E-state index contributed by atoms with van der Waals surface area (Å²) in [5, 5.41) is 30.6. The van der Waals surface area contributed by atoms with E-state index in [-0.39, 0.29) is 30.2 Å². The molecule has 0 saturated heterocycles. The molecular weight excluding hydrogens is 1210 g/mol. The van der Waals surface area contributed by atoms with Gasteiger partial charge < -0.3 is 57.5 Å². The highest BCUT2D eigenvalue weighted by atomic mass is 31.2. The first kappa shape index (κ1) is 85.3. The van der Waals surface area contributed by atoms with E-state index in [4.69, 9.17) is 20.5 Å². The third kappa shape index (κ3) is 40.7. The Morgan fingerprint density at radius 3 is 1.46 bits per heavy atom. The molecule has 3 aromatic rings. The van der Waals surface area contributed by atoms with Crippen LogP contribution in [0.1, 0.15) is 285 Å². The molecule has 0 saturated carbocycles. The molecule has 2 amide bonds. The zero-order valence-electron chi connectivity index (χ0n) is 62.3. The quantitative estimate of drug-likeness (QED) is 0.0188. The van der Waals surface area contributed by atoms with Crippen molar-refractivity contribution in [1.29, 1.82) is 0 Å². The van der Waals surface area contributed by atoms with Crippen molar-refractivity contribution < 1.29 is 28.3 Å². The molecule has 548 valence electrons. The summed E-state index contributed by atoms with van der Waals surface area (Å²) in [6.07, 6.45) is 34.0. The van der Waals surface area contributed by atoms with Gasteiger partial charge in [0.05, 0.1) is 25.9 Å². The summed E-state index contributed by atoms with van der Waals surface area (Å²) >= 11 is 0. The number of amides is 2. The predicted molar refractivity (Wildman–Crippen MR) is 401 cm³/mol. The van der Waals surface area contributed by atoms with Gasteiger partial charge in [0.1, 0.15) is 6.04 Å². The van der Waals surface area contributed by atoms with Crippen LogP contribution in [0.2, 0.25) is 0 Å². The molecule has 0 aliphatic rings. The number of benzene rings is 1. The van der Waals surface area contributed by atoms with Gasteiger partial charge in [0.2, 0.25) is 11.9 Å². The van der Waals surface area contributed by atoms with E-state index >= 15 is 0 Å². The van der Waals surface area contributed by atoms with Crippen LogP contribution >= 0.6 is 7.60 Å². The molecule has 11 N–H and O–H groups in total. The van der Waals surface area contributed by atoms with Gasteiger partial charge in [-0.25, -0.2) is 0 Å². The van der Waals surface area contributed by atoms with Crippen LogP contribution in [-0.4, -0.2) is 121 Å². The molecule has 0 bridgehead atoms. The van der Waals surface area contributed by atoms with E-state index in [9.17, 15) is 19.3 Å². The molecule has 0 spiro atoms. The highest BCUT2D eigenvalue weighted by Gasteiger charge is 2.26. The first-order chi connectivity index (χ1) is 45.7. The van der Waals surface area contributed by atoms with E-state index in [1.807, 2.05) is 12.1 Å². The summed E-state index contributed by atoms with van der Waals surface area (Å²) in [6, 6.07) is 6.11. The Balaban J connectivity index is 1.55. The minimum atomic E-state index is -3.33. The van der Waals surface area contributed by atoms with Crippen LogP contribution in [0.5, 0.6) is 6.01 Å². The number of nitrogens with zero attached hydrogens (tertiary/aromatic N) is 4. The van der Waals surface area contributed by atoms with Gasteiger partial charge >= 0.3 is 7.60 Å². The van der Waals surface area contributed by atoms with Crippen LogP contribution in [0.15, 0.2) is 24.3 Å². The van der Waals surface area contributed by atoms with Crippen molar-refractivity contribution in [1.82, 2.24) is 46.1 Å². The molecule has 1 aromatic carbocycles. The number of rotatable bonds is 62. The Hall–Kier alpha value is -3.90. The van der Waals surface area contributed by atoms with Crippen LogP contribution in [0.4, 0.5) is 11.8 Å². The van der Waals surface area contributed by atoms with Crippen molar-refractivity contribution in [3.63, 3.8) is 0 Å². The molecule has 0 radical (unpaired) electrons. The van der Waals surface area contributed by atoms with E-state index in [1.54, 1.807) is 16.7 Å². The SMILES string of the molecule is CCCCNc1nc(N)c2nc(O)n(Cc3ccc(C(=O)N[C@@H](CCCCNCCCP(=O)(OCCC(C)CCCC(C)CCCC(C)CCCC(C)C)OCCC(C)CCCC(C)CCCC(C)CCCC(C)C)C(=O)NCCCNCCCCNCCCN)cc3)c2n1. The second-order valence-corrected chi connectivity index (χ2v) is 32.0. The summed E-state index contributed by atoms with van der Waals surface area (Å²) < 4.78 is 28.8. The normalized spacial score (nSPS) is 14.8. The summed E-state index contributed by atoms with van der Waals surface area (Å²) in [4.78, 5) is 40.9. The first-order valence-electron chi connectivity index (χ1n) is 38.6. The van der Waals surface area contributed by atoms with Crippen molar-refractivity contribution >= 4 is 42.3 Å². The van der Waals surface area contributed by atoms with Gasteiger partial charge in [-0.2, -0.15) is 15.0 Å². The van der Waals surface area contributed by atoms with Crippen molar-refractivity contribution in [2.24, 2.45) is 53.1 Å². The standard InChI is InChI=1S/C76H143N12O6P/c1-12-13-53-83-75-86-71(78)70-72(87-75)88(76(91)85-70)58-67-40-42-68(43-41-67)73(89)84-69(74(90)82-54-25-51-80-49-17-16-48-79-50-24-46-77)39-14-15-47-81-52-26-57-95(92,93-55-44-65(10)37-22-35-63(8)33-20-31-61(6)29-18-27-59(2)3)94-56-45-66(11)38-23-36-64(9)34-21-32-62(7)30-19-28-60(4)5/h40-43,59-66,69,79-81H,12-39,44-58,77H2,1-11H3,(H,82,90)(H,84,89)(H,85,91)(H3,78,83,86,87)/t61?,62?,63?,64?,65?,66?,69-,95?/m0/s1. The number of carbonyl (C=O) groups is 2. The van der Waals surface area contributed by atoms with Crippen LogP contribution in [-0.2, 0) is 25.0 Å². The van der Waals surface area contributed by atoms with Crippen molar-refractivity contribution in [3.05, 3.63) is 35.4 Å². The fourth-order valence-electron chi connectivity index (χ4n) is 12.5. The number of hydrogen-bond acceptors (Lipinski definition) is 15. The molecule has 0 fully saturated rings. The van der Waals surface area contributed by atoms with Crippen LogP contribution in [0.3, 0.4) is 0 Å². The minimum absolute atomic E-state index is 0.171. The molecular formula is C76H143N12O6P. The molecule has 7 atom stereocenters. The molecule has 0 aliphatic carbocycles. The summed E-state index contributed by atoms with van der Waals surface area (Å²) in [5.41, 5.74) is 13.8. The average molecular weight is 1350 g/mol. The molecule has 95 heavy (non-hydrogen) atoms. The maximum Gasteiger partial charge on any atom is 0.330 e. The number of nitrogens with two attached hydrogens (primary N) is 2. The van der Waals surface area contributed by atoms with Gasteiger partial charge in [-0.05, 0) is 181 Å². The molecule has 19 heteroatoms. The minimum Gasteiger partial charge on any atom is -0.480 e. The van der Waals surface area contributed by atoms with E-state index in [0.29, 0.717) is 106 Å². The topological polar surface area (TPSA) is 258 Å². The summed E-state index contributed by atoms with van der Waals surface area (Å²) in [6.45, 7) is 33.8. The maximum atomic E-state index is 14.5. The van der Waals surface area contributed by atoms with E-state index in [2.05, 4.69) is 123 Å². The van der Waals surface area contributed by atoms with E-state index in [0.717, 1.165) is 138 Å². The van der Waals surface area contributed by atoms with E-state index < -0.39 is 13.6 Å². The van der Waals surface area contributed by atoms with E-state index in [1.165, 1.54) is 103 Å². The third-order valence-electron chi connectivity index (χ3n) is 19.1. The zero-order chi connectivity index (χ0) is 69.5. The van der Waals surface area contributed by atoms with Gasteiger partial charge in [-0.1, -0.05) is 210 Å². The van der Waals surface area contributed by atoms with Crippen LogP contribution in [0.25, 0.3) is 11.2 Å². The lowest BCUT2D eigenvalue weighted by Crippen LogP contribution is -2.47. The highest BCUT2D eigenvalue weighted by Crippen LogP contribution is 2.49. The van der Waals surface area contributed by atoms with Crippen molar-refractivity contribution in [3.8, 4) is 6.01 Å². The van der Waals surface area contributed by atoms with Gasteiger partial charge in [-0.15, -0.1) is 0 Å². The molecule has 18 nitrogen and oxygen atoms in total. The Labute approximate surface area is 579 Å². The van der Waals surface area contributed by atoms with Crippen LogP contribution in [0, 0.1) is 47.3 Å². The number of aromatic nitrogens is 4. The smallest absolute Gasteiger partial charge is 0.330 e. The molecule has 6 unspecified atom stereocenters. The summed E-state index contributed by atoms with van der Waals surface area (Å²) in [7, 11) is -3.33. The number of fused-ring (bicyclic) bond motifs is 1. The lowest BCUT2D eigenvalue weighted by Gasteiger charge is -2.21. The molecule has 2 heterocycles. The number of unbranched alkanes of at least 4 members (excludes halogenated alkanes) is 3. The fourth-order valence-corrected chi connectivity index (χ4v) is 14.2.